The average molecular weight is 412 g/mol. The molecule has 0 saturated heterocycles. The van der Waals surface area contributed by atoms with E-state index in [4.69, 9.17) is 10.5 Å². The van der Waals surface area contributed by atoms with Crippen LogP contribution in [0.1, 0.15) is 15.9 Å². The molecule has 4 aromatic rings. The number of esters is 1. The number of pyridine rings is 2. The van der Waals surface area contributed by atoms with Gasteiger partial charge in [-0.15, -0.1) is 0 Å². The third-order valence-electron chi connectivity index (χ3n) is 4.68. The van der Waals surface area contributed by atoms with Crippen molar-refractivity contribution in [1.29, 1.82) is 0 Å². The molecule has 0 atom stereocenters. The standard InChI is InChI=1S/C23H20N6O2/c1-31-23(30)17-4-2-16(3-5-17)15-29(22-14-25-10-11-28-22)21-13-19(7-9-27-21)18-6-8-26-20(24)12-18/h2-14H,15H2,1H3,(H2,24,26). The van der Waals surface area contributed by atoms with Gasteiger partial charge >= 0.3 is 5.97 Å². The first-order chi connectivity index (χ1) is 15.1. The van der Waals surface area contributed by atoms with E-state index in [0.717, 1.165) is 16.7 Å². The van der Waals surface area contributed by atoms with Crippen LogP contribution in [0.3, 0.4) is 0 Å². The van der Waals surface area contributed by atoms with Crippen molar-refractivity contribution in [2.24, 2.45) is 0 Å². The topological polar surface area (TPSA) is 107 Å². The van der Waals surface area contributed by atoms with Crippen LogP contribution < -0.4 is 10.6 Å². The van der Waals surface area contributed by atoms with Gasteiger partial charge < -0.3 is 15.4 Å². The number of ether oxygens (including phenoxy) is 1. The molecule has 0 amide bonds. The molecule has 31 heavy (non-hydrogen) atoms. The van der Waals surface area contributed by atoms with E-state index in [0.29, 0.717) is 29.6 Å². The van der Waals surface area contributed by atoms with Gasteiger partial charge in [-0.1, -0.05) is 12.1 Å². The highest BCUT2D eigenvalue weighted by atomic mass is 16.5. The van der Waals surface area contributed by atoms with Crippen LogP contribution in [0.2, 0.25) is 0 Å². The van der Waals surface area contributed by atoms with E-state index in [2.05, 4.69) is 19.9 Å². The number of nitrogen functional groups attached to an aromatic ring is 1. The number of rotatable bonds is 6. The van der Waals surface area contributed by atoms with E-state index < -0.39 is 0 Å². The van der Waals surface area contributed by atoms with Crippen LogP contribution in [0.5, 0.6) is 0 Å². The van der Waals surface area contributed by atoms with E-state index in [9.17, 15) is 4.79 Å². The van der Waals surface area contributed by atoms with Crippen LogP contribution in [-0.4, -0.2) is 33.0 Å². The molecular weight excluding hydrogens is 392 g/mol. The molecule has 154 valence electrons. The van der Waals surface area contributed by atoms with Gasteiger partial charge in [-0.2, -0.15) is 0 Å². The SMILES string of the molecule is COC(=O)c1ccc(CN(c2cnccn2)c2cc(-c3ccnc(N)c3)ccn2)cc1. The van der Waals surface area contributed by atoms with E-state index >= 15 is 0 Å². The maximum Gasteiger partial charge on any atom is 0.337 e. The Hall–Kier alpha value is -4.33. The van der Waals surface area contributed by atoms with Crippen molar-refractivity contribution in [3.05, 3.63) is 90.6 Å². The molecule has 0 fully saturated rings. The van der Waals surface area contributed by atoms with Gasteiger partial charge in [0.25, 0.3) is 0 Å². The Morgan fingerprint density at radius 1 is 0.903 bits per heavy atom. The molecule has 0 bridgehead atoms. The van der Waals surface area contributed by atoms with Crippen molar-refractivity contribution in [3.8, 4) is 11.1 Å². The predicted octanol–water partition coefficient (Wildman–Crippen LogP) is 3.64. The number of aromatic nitrogens is 4. The number of hydrogen-bond acceptors (Lipinski definition) is 8. The Balaban J connectivity index is 1.69. The van der Waals surface area contributed by atoms with Crippen LogP contribution in [0, 0.1) is 0 Å². The van der Waals surface area contributed by atoms with Crippen LogP contribution in [0.25, 0.3) is 11.1 Å². The molecule has 0 unspecified atom stereocenters. The lowest BCUT2D eigenvalue weighted by atomic mass is 10.1. The lowest BCUT2D eigenvalue weighted by Gasteiger charge is -2.23. The Morgan fingerprint density at radius 3 is 2.29 bits per heavy atom. The summed E-state index contributed by atoms with van der Waals surface area (Å²) in [5, 5.41) is 0. The molecule has 3 heterocycles. The number of carbonyl (C=O) groups excluding carboxylic acids is 1. The highest BCUT2D eigenvalue weighted by Gasteiger charge is 2.15. The lowest BCUT2D eigenvalue weighted by molar-refractivity contribution is 0.0600. The average Bonchev–Trinajstić information content (AvgIpc) is 2.83. The molecule has 4 rings (SSSR count). The number of carbonyl (C=O) groups is 1. The largest absolute Gasteiger partial charge is 0.465 e. The quantitative estimate of drug-likeness (QED) is 0.478. The van der Waals surface area contributed by atoms with Gasteiger partial charge in [-0.25, -0.2) is 19.7 Å². The molecule has 8 heteroatoms. The zero-order valence-corrected chi connectivity index (χ0v) is 16.8. The summed E-state index contributed by atoms with van der Waals surface area (Å²) >= 11 is 0. The lowest BCUT2D eigenvalue weighted by Crippen LogP contribution is -2.19. The summed E-state index contributed by atoms with van der Waals surface area (Å²) in [6.07, 6.45) is 8.35. The predicted molar refractivity (Wildman–Crippen MR) is 118 cm³/mol. The van der Waals surface area contributed by atoms with Crippen molar-refractivity contribution in [2.45, 2.75) is 6.54 Å². The third-order valence-corrected chi connectivity index (χ3v) is 4.68. The summed E-state index contributed by atoms with van der Waals surface area (Å²) in [6.45, 7) is 0.481. The van der Waals surface area contributed by atoms with Crippen LogP contribution >= 0.6 is 0 Å². The maximum atomic E-state index is 11.7. The highest BCUT2D eigenvalue weighted by molar-refractivity contribution is 5.89. The van der Waals surface area contributed by atoms with Crippen molar-refractivity contribution < 1.29 is 9.53 Å². The summed E-state index contributed by atoms with van der Waals surface area (Å²) < 4.78 is 4.77. The fourth-order valence-corrected chi connectivity index (χ4v) is 3.13. The first kappa shape index (κ1) is 20.0. The summed E-state index contributed by atoms with van der Waals surface area (Å²) in [7, 11) is 1.36. The van der Waals surface area contributed by atoms with Crippen molar-refractivity contribution in [3.63, 3.8) is 0 Å². The van der Waals surface area contributed by atoms with Crippen molar-refractivity contribution in [2.75, 3.05) is 17.7 Å². The number of methoxy groups -OCH3 is 1. The highest BCUT2D eigenvalue weighted by Crippen LogP contribution is 2.28. The van der Waals surface area contributed by atoms with Gasteiger partial charge in [0.05, 0.1) is 25.4 Å². The van der Waals surface area contributed by atoms with Gasteiger partial charge in [0, 0.05) is 24.8 Å². The second-order valence-corrected chi connectivity index (χ2v) is 6.71. The normalized spacial score (nSPS) is 10.5. The van der Waals surface area contributed by atoms with Gasteiger partial charge in [0.15, 0.2) is 5.82 Å². The summed E-state index contributed by atoms with van der Waals surface area (Å²) in [6, 6.07) is 14.8. The van der Waals surface area contributed by atoms with E-state index in [1.165, 1.54) is 7.11 Å². The van der Waals surface area contributed by atoms with Gasteiger partial charge in [0.1, 0.15) is 11.6 Å². The van der Waals surface area contributed by atoms with Crippen LogP contribution in [0.15, 0.2) is 79.5 Å². The molecule has 0 aliphatic carbocycles. The van der Waals surface area contributed by atoms with Crippen LogP contribution in [0.4, 0.5) is 17.5 Å². The Kier molecular flexibility index (Phi) is 5.79. The van der Waals surface area contributed by atoms with Gasteiger partial charge in [-0.3, -0.25) is 4.98 Å². The van der Waals surface area contributed by atoms with Crippen molar-refractivity contribution >= 4 is 23.4 Å². The fraction of sp³-hybridized carbons (Fsp3) is 0.0870. The summed E-state index contributed by atoms with van der Waals surface area (Å²) in [5.74, 6) is 1.43. The number of benzene rings is 1. The Morgan fingerprint density at radius 2 is 1.61 bits per heavy atom. The molecule has 0 aliphatic rings. The molecule has 0 radical (unpaired) electrons. The van der Waals surface area contributed by atoms with Crippen molar-refractivity contribution in [1.82, 2.24) is 19.9 Å². The first-order valence-corrected chi connectivity index (χ1v) is 9.53. The maximum absolute atomic E-state index is 11.7. The van der Waals surface area contributed by atoms with E-state index in [1.54, 1.807) is 43.1 Å². The molecular formula is C23H20N6O2. The first-order valence-electron chi connectivity index (χ1n) is 9.53. The molecule has 8 nitrogen and oxygen atoms in total. The van der Waals surface area contributed by atoms with Gasteiger partial charge in [0.2, 0.25) is 0 Å². The van der Waals surface area contributed by atoms with Crippen LogP contribution in [-0.2, 0) is 11.3 Å². The third kappa shape index (κ3) is 4.64. The second kappa shape index (κ2) is 9.00. The van der Waals surface area contributed by atoms with Gasteiger partial charge in [-0.05, 0) is 53.1 Å². The van der Waals surface area contributed by atoms with E-state index in [-0.39, 0.29) is 5.97 Å². The second-order valence-electron chi connectivity index (χ2n) is 6.71. The minimum absolute atomic E-state index is 0.372. The molecule has 3 aromatic heterocycles. The molecule has 0 aliphatic heterocycles. The summed E-state index contributed by atoms with van der Waals surface area (Å²) in [5.41, 5.74) is 9.20. The van der Waals surface area contributed by atoms with E-state index in [1.807, 2.05) is 41.3 Å². The summed E-state index contributed by atoms with van der Waals surface area (Å²) in [4.78, 5) is 30.9. The smallest absolute Gasteiger partial charge is 0.337 e. The molecule has 1 aromatic carbocycles. The number of anilines is 3. The number of nitrogens with zero attached hydrogens (tertiary/aromatic N) is 5. The minimum atomic E-state index is -0.372. The Bertz CT molecular complexity index is 1180. The molecule has 2 N–H and O–H groups in total. The minimum Gasteiger partial charge on any atom is -0.465 e. The zero-order valence-electron chi connectivity index (χ0n) is 16.8. The number of nitrogens with two attached hydrogens (primary N) is 1. The molecule has 0 spiro atoms. The zero-order chi connectivity index (χ0) is 21.6. The number of hydrogen-bond donors (Lipinski definition) is 1. The fourth-order valence-electron chi connectivity index (χ4n) is 3.13. The monoisotopic (exact) mass is 412 g/mol. The molecule has 0 saturated carbocycles. The Labute approximate surface area is 179 Å².